The Morgan fingerprint density at radius 3 is 2.31 bits per heavy atom. The smallest absolute Gasteiger partial charge is 0.0410 e. The standard InChI is InChI=1S/C13H21BrN2/c1-4-13(5-2,6-3)16-9-11-7-12(14)10-15-8-11/h7-8,10,16H,4-6,9H2,1-3H3. The number of hydrogen-bond acceptors (Lipinski definition) is 2. The van der Waals surface area contributed by atoms with E-state index in [-0.39, 0.29) is 5.54 Å². The zero-order chi connectivity index (χ0) is 12.0. The van der Waals surface area contributed by atoms with Gasteiger partial charge in [0, 0.05) is 29.0 Å². The molecule has 1 aromatic heterocycles. The highest BCUT2D eigenvalue weighted by molar-refractivity contribution is 9.10. The first-order chi connectivity index (χ1) is 7.65. The summed E-state index contributed by atoms with van der Waals surface area (Å²) in [6, 6.07) is 2.12. The van der Waals surface area contributed by atoms with Crippen molar-refractivity contribution in [3.63, 3.8) is 0 Å². The molecule has 0 aromatic carbocycles. The van der Waals surface area contributed by atoms with E-state index in [1.54, 1.807) is 0 Å². The Labute approximate surface area is 107 Å². The molecule has 0 aliphatic carbocycles. The fourth-order valence-electron chi connectivity index (χ4n) is 1.97. The van der Waals surface area contributed by atoms with Gasteiger partial charge in [-0.15, -0.1) is 0 Å². The molecule has 16 heavy (non-hydrogen) atoms. The lowest BCUT2D eigenvalue weighted by molar-refractivity contribution is 0.288. The van der Waals surface area contributed by atoms with Gasteiger partial charge in [-0.1, -0.05) is 20.8 Å². The summed E-state index contributed by atoms with van der Waals surface area (Å²) < 4.78 is 1.04. The van der Waals surface area contributed by atoms with Crippen LogP contribution < -0.4 is 5.32 Å². The van der Waals surface area contributed by atoms with E-state index < -0.39 is 0 Å². The average Bonchev–Trinajstić information content (AvgIpc) is 2.32. The summed E-state index contributed by atoms with van der Waals surface area (Å²) in [7, 11) is 0. The molecule has 2 nitrogen and oxygen atoms in total. The normalized spacial score (nSPS) is 11.8. The highest BCUT2D eigenvalue weighted by Gasteiger charge is 2.22. The third kappa shape index (κ3) is 3.56. The minimum atomic E-state index is 0.280. The second-order valence-corrected chi connectivity index (χ2v) is 5.12. The van der Waals surface area contributed by atoms with Crippen LogP contribution in [-0.4, -0.2) is 10.5 Å². The first-order valence-electron chi connectivity index (χ1n) is 6.00. The van der Waals surface area contributed by atoms with Crippen molar-refractivity contribution in [3.05, 3.63) is 28.5 Å². The fraction of sp³-hybridized carbons (Fsp3) is 0.615. The van der Waals surface area contributed by atoms with E-state index in [1.807, 2.05) is 12.4 Å². The Bertz CT molecular complexity index is 313. The molecule has 0 saturated carbocycles. The van der Waals surface area contributed by atoms with Crippen molar-refractivity contribution in [1.82, 2.24) is 10.3 Å². The van der Waals surface area contributed by atoms with Gasteiger partial charge in [0.05, 0.1) is 0 Å². The molecule has 1 heterocycles. The van der Waals surface area contributed by atoms with Crippen molar-refractivity contribution in [2.24, 2.45) is 0 Å². The monoisotopic (exact) mass is 284 g/mol. The van der Waals surface area contributed by atoms with E-state index in [2.05, 4.69) is 53.1 Å². The van der Waals surface area contributed by atoms with Crippen LogP contribution in [0.5, 0.6) is 0 Å². The predicted octanol–water partition coefficient (Wildman–Crippen LogP) is 3.90. The maximum atomic E-state index is 4.18. The van der Waals surface area contributed by atoms with Crippen LogP contribution in [-0.2, 0) is 6.54 Å². The Morgan fingerprint density at radius 2 is 1.81 bits per heavy atom. The number of nitrogens with one attached hydrogen (secondary N) is 1. The minimum Gasteiger partial charge on any atom is -0.307 e. The maximum absolute atomic E-state index is 4.18. The van der Waals surface area contributed by atoms with Crippen LogP contribution in [0.4, 0.5) is 0 Å². The molecular weight excluding hydrogens is 264 g/mol. The van der Waals surface area contributed by atoms with Gasteiger partial charge in [0.2, 0.25) is 0 Å². The molecule has 0 unspecified atom stereocenters. The van der Waals surface area contributed by atoms with Crippen LogP contribution in [0, 0.1) is 0 Å². The number of pyridine rings is 1. The Morgan fingerprint density at radius 1 is 1.19 bits per heavy atom. The molecule has 1 N–H and O–H groups in total. The van der Waals surface area contributed by atoms with Gasteiger partial charge in [0.15, 0.2) is 0 Å². The zero-order valence-electron chi connectivity index (χ0n) is 10.4. The molecule has 0 aliphatic rings. The first-order valence-corrected chi connectivity index (χ1v) is 6.79. The summed E-state index contributed by atoms with van der Waals surface area (Å²) in [5, 5.41) is 3.66. The highest BCUT2D eigenvalue weighted by Crippen LogP contribution is 2.20. The van der Waals surface area contributed by atoms with E-state index in [0.29, 0.717) is 0 Å². The summed E-state index contributed by atoms with van der Waals surface area (Å²) >= 11 is 3.44. The van der Waals surface area contributed by atoms with Crippen LogP contribution in [0.2, 0.25) is 0 Å². The van der Waals surface area contributed by atoms with Gasteiger partial charge in [-0.05, 0) is 46.8 Å². The molecule has 0 fully saturated rings. The van der Waals surface area contributed by atoms with Crippen molar-refractivity contribution in [2.75, 3.05) is 0 Å². The van der Waals surface area contributed by atoms with Gasteiger partial charge >= 0.3 is 0 Å². The van der Waals surface area contributed by atoms with E-state index in [0.717, 1.165) is 11.0 Å². The molecule has 0 amide bonds. The van der Waals surface area contributed by atoms with E-state index in [9.17, 15) is 0 Å². The lowest BCUT2D eigenvalue weighted by atomic mass is 9.89. The lowest BCUT2D eigenvalue weighted by Gasteiger charge is -2.32. The molecule has 1 rings (SSSR count). The largest absolute Gasteiger partial charge is 0.307 e. The molecule has 0 radical (unpaired) electrons. The van der Waals surface area contributed by atoms with Gasteiger partial charge < -0.3 is 5.32 Å². The summed E-state index contributed by atoms with van der Waals surface area (Å²) in [5.74, 6) is 0. The number of hydrogen-bond donors (Lipinski definition) is 1. The van der Waals surface area contributed by atoms with Gasteiger partial charge in [0.1, 0.15) is 0 Å². The molecule has 1 aromatic rings. The molecular formula is C13H21BrN2. The van der Waals surface area contributed by atoms with E-state index in [1.165, 1.54) is 24.8 Å². The zero-order valence-corrected chi connectivity index (χ0v) is 12.0. The molecule has 0 aliphatic heterocycles. The second kappa shape index (κ2) is 6.36. The molecule has 0 spiro atoms. The quantitative estimate of drug-likeness (QED) is 0.857. The van der Waals surface area contributed by atoms with E-state index >= 15 is 0 Å². The van der Waals surface area contributed by atoms with Crippen LogP contribution >= 0.6 is 15.9 Å². The third-order valence-electron chi connectivity index (χ3n) is 3.46. The Hall–Kier alpha value is -0.410. The molecule has 90 valence electrons. The summed E-state index contributed by atoms with van der Waals surface area (Å²) in [6.45, 7) is 7.64. The second-order valence-electron chi connectivity index (χ2n) is 4.21. The Balaban J connectivity index is 2.62. The van der Waals surface area contributed by atoms with Crippen molar-refractivity contribution in [3.8, 4) is 0 Å². The van der Waals surface area contributed by atoms with Crippen LogP contribution in [0.15, 0.2) is 22.9 Å². The van der Waals surface area contributed by atoms with Crippen LogP contribution in [0.1, 0.15) is 45.6 Å². The van der Waals surface area contributed by atoms with Crippen LogP contribution in [0.25, 0.3) is 0 Å². The van der Waals surface area contributed by atoms with E-state index in [4.69, 9.17) is 0 Å². The van der Waals surface area contributed by atoms with Crippen molar-refractivity contribution >= 4 is 15.9 Å². The predicted molar refractivity (Wildman–Crippen MR) is 72.4 cm³/mol. The molecule has 0 saturated heterocycles. The minimum absolute atomic E-state index is 0.280. The SMILES string of the molecule is CCC(CC)(CC)NCc1cncc(Br)c1. The summed E-state index contributed by atoms with van der Waals surface area (Å²) in [4.78, 5) is 4.18. The maximum Gasteiger partial charge on any atom is 0.0410 e. The summed E-state index contributed by atoms with van der Waals surface area (Å²) in [5.41, 5.74) is 1.51. The molecule has 3 heteroatoms. The van der Waals surface area contributed by atoms with Crippen molar-refractivity contribution < 1.29 is 0 Å². The highest BCUT2D eigenvalue weighted by atomic mass is 79.9. The van der Waals surface area contributed by atoms with Crippen molar-refractivity contribution in [1.29, 1.82) is 0 Å². The number of rotatable bonds is 6. The first kappa shape index (κ1) is 13.7. The van der Waals surface area contributed by atoms with Gasteiger partial charge in [-0.25, -0.2) is 0 Å². The lowest BCUT2D eigenvalue weighted by Crippen LogP contribution is -2.43. The van der Waals surface area contributed by atoms with Gasteiger partial charge in [0.25, 0.3) is 0 Å². The summed E-state index contributed by atoms with van der Waals surface area (Å²) in [6.07, 6.45) is 7.24. The topological polar surface area (TPSA) is 24.9 Å². The number of halogens is 1. The third-order valence-corrected chi connectivity index (χ3v) is 3.89. The van der Waals surface area contributed by atoms with Crippen LogP contribution in [0.3, 0.4) is 0 Å². The fourth-order valence-corrected chi connectivity index (χ4v) is 2.38. The number of aromatic nitrogens is 1. The Kier molecular flexibility index (Phi) is 5.42. The number of nitrogens with zero attached hydrogens (tertiary/aromatic N) is 1. The van der Waals surface area contributed by atoms with Gasteiger partial charge in [-0.3, -0.25) is 4.98 Å². The van der Waals surface area contributed by atoms with Crippen molar-refractivity contribution in [2.45, 2.75) is 52.1 Å². The average molecular weight is 285 g/mol. The molecule has 0 atom stereocenters. The molecule has 0 bridgehead atoms. The van der Waals surface area contributed by atoms with Gasteiger partial charge in [-0.2, -0.15) is 0 Å².